The number of hydrogen-bond acceptors (Lipinski definition) is 2. The molecule has 0 aromatic carbocycles. The molecule has 4 heteroatoms. The second-order valence-electron chi connectivity index (χ2n) is 8.54. The first kappa shape index (κ1) is 13.1. The van der Waals surface area contributed by atoms with E-state index in [-0.39, 0.29) is 5.41 Å². The van der Waals surface area contributed by atoms with Gasteiger partial charge in [0.1, 0.15) is 11.6 Å². The molecule has 0 aliphatic heterocycles. The predicted octanol–water partition coefficient (Wildman–Crippen LogP) is 3.80. The number of halogens is 1. The molecule has 20 heavy (non-hydrogen) atoms. The first-order valence-corrected chi connectivity index (χ1v) is 8.35. The molecule has 4 bridgehead atoms. The molecule has 1 aromatic heterocycles. The van der Waals surface area contributed by atoms with Crippen LogP contribution in [-0.4, -0.2) is 14.8 Å². The molecule has 3 nitrogen and oxygen atoms in total. The molecule has 1 aromatic rings. The minimum absolute atomic E-state index is 0.259. The van der Waals surface area contributed by atoms with Gasteiger partial charge >= 0.3 is 0 Å². The Bertz CT molecular complexity index is 546. The van der Waals surface area contributed by atoms with Crippen molar-refractivity contribution in [3.05, 3.63) is 11.6 Å². The predicted molar refractivity (Wildman–Crippen MR) is 79.6 cm³/mol. The highest BCUT2D eigenvalue weighted by Gasteiger charge is 2.61. The molecule has 5 rings (SSSR count). The summed E-state index contributed by atoms with van der Waals surface area (Å²) in [5.74, 6) is 3.46. The van der Waals surface area contributed by atoms with E-state index >= 15 is 0 Å². The molecule has 4 fully saturated rings. The van der Waals surface area contributed by atoms with E-state index in [4.69, 9.17) is 11.6 Å². The second kappa shape index (κ2) is 3.79. The molecule has 0 spiro atoms. The Labute approximate surface area is 126 Å². The summed E-state index contributed by atoms with van der Waals surface area (Å²) < 4.78 is 2.17. The van der Waals surface area contributed by atoms with Gasteiger partial charge in [0.25, 0.3) is 0 Å². The number of aromatic nitrogens is 3. The molecule has 4 aliphatic carbocycles. The van der Waals surface area contributed by atoms with E-state index in [2.05, 4.69) is 35.7 Å². The minimum atomic E-state index is 0.259. The van der Waals surface area contributed by atoms with Gasteiger partial charge in [-0.15, -0.1) is 21.8 Å². The summed E-state index contributed by atoms with van der Waals surface area (Å²) in [4.78, 5) is 0. The van der Waals surface area contributed by atoms with Crippen LogP contribution in [-0.2, 0) is 18.3 Å². The maximum absolute atomic E-state index is 5.98. The monoisotopic (exact) mass is 293 g/mol. The zero-order valence-corrected chi connectivity index (χ0v) is 13.5. The topological polar surface area (TPSA) is 30.7 Å². The molecule has 0 amide bonds. The third-order valence-electron chi connectivity index (χ3n) is 6.19. The first-order chi connectivity index (χ1) is 9.37. The fourth-order valence-corrected chi connectivity index (χ4v) is 6.87. The van der Waals surface area contributed by atoms with E-state index in [0.717, 1.165) is 11.7 Å². The number of nitrogens with zero attached hydrogens (tertiary/aromatic N) is 3. The van der Waals surface area contributed by atoms with Gasteiger partial charge < -0.3 is 4.57 Å². The lowest BCUT2D eigenvalue weighted by atomic mass is 9.40. The normalized spacial score (nSPS) is 46.1. The summed E-state index contributed by atoms with van der Waals surface area (Å²) in [6, 6.07) is 0. The fraction of sp³-hybridized carbons (Fsp3) is 0.875. The number of rotatable bonds is 2. The lowest BCUT2D eigenvalue weighted by molar-refractivity contribution is -0.113. The van der Waals surface area contributed by atoms with Crippen molar-refractivity contribution in [2.45, 2.75) is 63.7 Å². The molecule has 4 aliphatic rings. The lowest BCUT2D eigenvalue weighted by Crippen LogP contribution is -2.57. The van der Waals surface area contributed by atoms with Crippen molar-refractivity contribution in [1.82, 2.24) is 14.8 Å². The summed E-state index contributed by atoms with van der Waals surface area (Å²) in [5.41, 5.74) is 1.29. The average molecular weight is 294 g/mol. The van der Waals surface area contributed by atoms with E-state index in [1.807, 2.05) is 0 Å². The van der Waals surface area contributed by atoms with Crippen LogP contribution in [0.2, 0.25) is 0 Å². The maximum atomic E-state index is 5.98. The van der Waals surface area contributed by atoms with Crippen molar-refractivity contribution in [3.8, 4) is 0 Å². The highest BCUT2D eigenvalue weighted by Crippen LogP contribution is 2.69. The minimum Gasteiger partial charge on any atom is -0.317 e. The number of hydrogen-bond donors (Lipinski definition) is 0. The van der Waals surface area contributed by atoms with Gasteiger partial charge in [-0.05, 0) is 55.3 Å². The average Bonchev–Trinajstić information content (AvgIpc) is 2.66. The Morgan fingerprint density at radius 3 is 2.25 bits per heavy atom. The van der Waals surface area contributed by atoms with E-state index in [1.165, 1.54) is 44.3 Å². The van der Waals surface area contributed by atoms with Gasteiger partial charge in [-0.2, -0.15) is 0 Å². The van der Waals surface area contributed by atoms with Crippen molar-refractivity contribution >= 4 is 11.6 Å². The van der Waals surface area contributed by atoms with Gasteiger partial charge in [0.15, 0.2) is 0 Å². The molecular formula is C16H24ClN3. The van der Waals surface area contributed by atoms with Crippen LogP contribution >= 0.6 is 11.6 Å². The van der Waals surface area contributed by atoms with Crippen molar-refractivity contribution in [3.63, 3.8) is 0 Å². The van der Waals surface area contributed by atoms with Gasteiger partial charge in [0, 0.05) is 12.5 Å². The lowest BCUT2D eigenvalue weighted by Gasteiger charge is -2.64. The quantitative estimate of drug-likeness (QED) is 0.777. The summed E-state index contributed by atoms with van der Waals surface area (Å²) >= 11 is 5.98. The summed E-state index contributed by atoms with van der Waals surface area (Å²) in [6.45, 7) is 5.01. The van der Waals surface area contributed by atoms with E-state index in [0.29, 0.717) is 16.7 Å². The molecule has 2 unspecified atom stereocenters. The molecule has 0 radical (unpaired) electrons. The van der Waals surface area contributed by atoms with Crippen LogP contribution in [0, 0.1) is 16.7 Å². The molecule has 110 valence electrons. The van der Waals surface area contributed by atoms with Crippen LogP contribution in [0.3, 0.4) is 0 Å². The molecule has 0 saturated heterocycles. The van der Waals surface area contributed by atoms with Crippen molar-refractivity contribution < 1.29 is 0 Å². The third kappa shape index (κ3) is 1.65. The molecular weight excluding hydrogens is 270 g/mol. The maximum Gasteiger partial charge on any atom is 0.147 e. The Hall–Kier alpha value is -0.570. The smallest absolute Gasteiger partial charge is 0.147 e. The van der Waals surface area contributed by atoms with Crippen LogP contribution in [0.5, 0.6) is 0 Å². The van der Waals surface area contributed by atoms with Gasteiger partial charge in [0.05, 0.1) is 5.88 Å². The largest absolute Gasteiger partial charge is 0.317 e. The zero-order chi connectivity index (χ0) is 14.2. The van der Waals surface area contributed by atoms with Crippen LogP contribution in [0.25, 0.3) is 0 Å². The van der Waals surface area contributed by atoms with Gasteiger partial charge in [0.2, 0.25) is 0 Å². The van der Waals surface area contributed by atoms with Crippen molar-refractivity contribution in [2.75, 3.05) is 0 Å². The van der Waals surface area contributed by atoms with E-state index < -0.39 is 0 Å². The number of alkyl halides is 1. The van der Waals surface area contributed by atoms with E-state index in [1.54, 1.807) is 0 Å². The Morgan fingerprint density at radius 2 is 1.75 bits per heavy atom. The van der Waals surface area contributed by atoms with Crippen LogP contribution < -0.4 is 0 Å². The van der Waals surface area contributed by atoms with Crippen LogP contribution in [0.4, 0.5) is 0 Å². The third-order valence-corrected chi connectivity index (χ3v) is 6.42. The van der Waals surface area contributed by atoms with Gasteiger partial charge in [-0.3, -0.25) is 0 Å². The highest BCUT2D eigenvalue weighted by molar-refractivity contribution is 6.16. The summed E-state index contributed by atoms with van der Waals surface area (Å²) in [5, 5.41) is 8.89. The molecule has 2 atom stereocenters. The Morgan fingerprint density at radius 1 is 1.10 bits per heavy atom. The van der Waals surface area contributed by atoms with Crippen molar-refractivity contribution in [2.24, 2.45) is 23.8 Å². The fourth-order valence-electron chi connectivity index (χ4n) is 6.64. The SMILES string of the molecule is Cn1c(CCl)nnc1C12CC3CC(C)(CC(C)(C3)C1)C2. The Kier molecular flexibility index (Phi) is 2.49. The van der Waals surface area contributed by atoms with Crippen molar-refractivity contribution in [1.29, 1.82) is 0 Å². The summed E-state index contributed by atoms with van der Waals surface area (Å²) in [6.07, 6.45) is 8.14. The zero-order valence-electron chi connectivity index (χ0n) is 12.7. The van der Waals surface area contributed by atoms with Gasteiger partial charge in [-0.1, -0.05) is 13.8 Å². The standard InChI is InChI=1S/C16H24ClN3/c1-14-4-11-5-15(2,8-14)10-16(6-11,9-14)13-19-18-12(7-17)20(13)3/h11H,4-10H2,1-3H3. The highest BCUT2D eigenvalue weighted by atomic mass is 35.5. The van der Waals surface area contributed by atoms with Crippen LogP contribution in [0.1, 0.15) is 64.0 Å². The molecule has 1 heterocycles. The Balaban J connectivity index is 1.82. The first-order valence-electron chi connectivity index (χ1n) is 7.82. The molecule has 0 N–H and O–H groups in total. The van der Waals surface area contributed by atoms with Gasteiger partial charge in [-0.25, -0.2) is 0 Å². The second-order valence-corrected chi connectivity index (χ2v) is 8.81. The summed E-state index contributed by atoms with van der Waals surface area (Å²) in [7, 11) is 2.09. The van der Waals surface area contributed by atoms with Crippen LogP contribution in [0.15, 0.2) is 0 Å². The van der Waals surface area contributed by atoms with E-state index in [9.17, 15) is 0 Å². The molecule has 4 saturated carbocycles.